The molecular weight excluding hydrogens is 316 g/mol. The molecule has 1 aromatic rings. The third-order valence-corrected chi connectivity index (χ3v) is 5.13. The summed E-state index contributed by atoms with van der Waals surface area (Å²) in [5, 5.41) is 2.85. The second kappa shape index (κ2) is 7.24. The number of anilines is 1. The summed E-state index contributed by atoms with van der Waals surface area (Å²) in [6, 6.07) is 5.92. The van der Waals surface area contributed by atoms with Gasteiger partial charge in [0.05, 0.1) is 5.25 Å². The van der Waals surface area contributed by atoms with Crippen molar-refractivity contribution in [2.75, 3.05) is 11.9 Å². The topological polar surface area (TPSA) is 49.4 Å². The zero-order valence-corrected chi connectivity index (χ0v) is 14.6. The molecule has 6 heteroatoms. The largest absolute Gasteiger partial charge is 0.326 e. The molecule has 118 valence electrons. The number of para-hydroxylation sites is 1. The SMILES string of the molecule is Cc1cccc(C)c1NC(=O)CCCN1C(=O)C(C)SC1=S. The normalized spacial score (nSPS) is 18.0. The molecule has 0 bridgehead atoms. The van der Waals surface area contributed by atoms with Gasteiger partial charge in [0.1, 0.15) is 4.32 Å². The van der Waals surface area contributed by atoms with E-state index in [4.69, 9.17) is 12.2 Å². The van der Waals surface area contributed by atoms with E-state index in [0.717, 1.165) is 16.8 Å². The quantitative estimate of drug-likeness (QED) is 0.839. The van der Waals surface area contributed by atoms with Gasteiger partial charge in [-0.3, -0.25) is 14.5 Å². The minimum Gasteiger partial charge on any atom is -0.326 e. The summed E-state index contributed by atoms with van der Waals surface area (Å²) in [5.41, 5.74) is 2.98. The molecule has 0 spiro atoms. The van der Waals surface area contributed by atoms with E-state index < -0.39 is 0 Å². The Balaban J connectivity index is 1.84. The number of rotatable bonds is 5. The van der Waals surface area contributed by atoms with Crippen LogP contribution in [0, 0.1) is 13.8 Å². The lowest BCUT2D eigenvalue weighted by Gasteiger charge is -2.15. The third-order valence-electron chi connectivity index (χ3n) is 3.64. The van der Waals surface area contributed by atoms with Crippen LogP contribution in [-0.4, -0.2) is 32.8 Å². The van der Waals surface area contributed by atoms with Crippen molar-refractivity contribution < 1.29 is 9.59 Å². The standard InChI is InChI=1S/C16H20N2O2S2/c1-10-6-4-7-11(2)14(10)17-13(19)8-5-9-18-15(20)12(3)22-16(18)21/h4,6-7,12H,5,8-9H2,1-3H3,(H,17,19). The van der Waals surface area contributed by atoms with Crippen LogP contribution >= 0.6 is 24.0 Å². The molecule has 1 fully saturated rings. The number of thioether (sulfide) groups is 1. The van der Waals surface area contributed by atoms with Crippen molar-refractivity contribution in [2.45, 2.75) is 38.9 Å². The van der Waals surface area contributed by atoms with Crippen molar-refractivity contribution in [3.05, 3.63) is 29.3 Å². The van der Waals surface area contributed by atoms with Crippen molar-refractivity contribution in [3.8, 4) is 0 Å². The summed E-state index contributed by atoms with van der Waals surface area (Å²) in [6.45, 7) is 6.31. The van der Waals surface area contributed by atoms with E-state index in [0.29, 0.717) is 23.7 Å². The van der Waals surface area contributed by atoms with Crippen LogP contribution < -0.4 is 5.32 Å². The highest BCUT2D eigenvalue weighted by atomic mass is 32.2. The van der Waals surface area contributed by atoms with Gasteiger partial charge in [-0.2, -0.15) is 0 Å². The molecule has 1 saturated heterocycles. The Labute approximate surface area is 140 Å². The average Bonchev–Trinajstić information content (AvgIpc) is 2.69. The molecule has 1 aliphatic heterocycles. The summed E-state index contributed by atoms with van der Waals surface area (Å²) in [4.78, 5) is 25.6. The number of carbonyl (C=O) groups excluding carboxylic acids is 2. The molecule has 4 nitrogen and oxygen atoms in total. The summed E-state index contributed by atoms with van der Waals surface area (Å²) < 4.78 is 0.618. The van der Waals surface area contributed by atoms with Crippen LogP contribution in [0.4, 0.5) is 5.69 Å². The third kappa shape index (κ3) is 3.87. The van der Waals surface area contributed by atoms with Crippen LogP contribution in [0.25, 0.3) is 0 Å². The van der Waals surface area contributed by atoms with Crippen LogP contribution in [0.2, 0.25) is 0 Å². The van der Waals surface area contributed by atoms with Gasteiger partial charge in [0, 0.05) is 18.7 Å². The first-order valence-corrected chi connectivity index (χ1v) is 8.57. The summed E-state index contributed by atoms with van der Waals surface area (Å²) in [6.07, 6.45) is 0.981. The highest BCUT2D eigenvalue weighted by molar-refractivity contribution is 8.24. The van der Waals surface area contributed by atoms with E-state index in [9.17, 15) is 9.59 Å². The Hall–Kier alpha value is -1.40. The lowest BCUT2D eigenvalue weighted by Crippen LogP contribution is -2.32. The monoisotopic (exact) mass is 336 g/mol. The fourth-order valence-electron chi connectivity index (χ4n) is 2.39. The van der Waals surface area contributed by atoms with Crippen LogP contribution in [0.15, 0.2) is 18.2 Å². The van der Waals surface area contributed by atoms with Crippen LogP contribution in [-0.2, 0) is 9.59 Å². The molecule has 2 amide bonds. The Morgan fingerprint density at radius 2 is 2.00 bits per heavy atom. The molecule has 0 aromatic heterocycles. The minimum absolute atomic E-state index is 0.0318. The van der Waals surface area contributed by atoms with E-state index in [1.54, 1.807) is 4.90 Å². The smallest absolute Gasteiger partial charge is 0.241 e. The lowest BCUT2D eigenvalue weighted by molar-refractivity contribution is -0.126. The summed E-state index contributed by atoms with van der Waals surface area (Å²) in [5.74, 6) is 0.0147. The summed E-state index contributed by atoms with van der Waals surface area (Å²) >= 11 is 6.59. The molecule has 1 atom stereocenters. The number of aryl methyl sites for hydroxylation is 2. The van der Waals surface area contributed by atoms with E-state index in [-0.39, 0.29) is 17.1 Å². The number of nitrogens with zero attached hydrogens (tertiary/aromatic N) is 1. The van der Waals surface area contributed by atoms with Gasteiger partial charge in [-0.05, 0) is 38.3 Å². The maximum Gasteiger partial charge on any atom is 0.241 e. The number of benzene rings is 1. The Morgan fingerprint density at radius 1 is 1.36 bits per heavy atom. The van der Waals surface area contributed by atoms with Crippen molar-refractivity contribution in [1.29, 1.82) is 0 Å². The van der Waals surface area contributed by atoms with Gasteiger partial charge in [-0.1, -0.05) is 42.2 Å². The molecule has 1 aromatic carbocycles. The zero-order chi connectivity index (χ0) is 16.3. The van der Waals surface area contributed by atoms with E-state index in [2.05, 4.69) is 5.32 Å². The number of hydrogen-bond acceptors (Lipinski definition) is 4. The molecule has 0 saturated carbocycles. The predicted molar refractivity (Wildman–Crippen MR) is 95.1 cm³/mol. The predicted octanol–water partition coefficient (Wildman–Crippen LogP) is 3.27. The Morgan fingerprint density at radius 3 is 2.55 bits per heavy atom. The molecule has 2 rings (SSSR count). The molecule has 1 aliphatic rings. The molecule has 22 heavy (non-hydrogen) atoms. The van der Waals surface area contributed by atoms with Crippen molar-refractivity contribution in [1.82, 2.24) is 4.90 Å². The van der Waals surface area contributed by atoms with Crippen molar-refractivity contribution in [3.63, 3.8) is 0 Å². The first kappa shape index (κ1) is 17.0. The molecular formula is C16H20N2O2S2. The van der Waals surface area contributed by atoms with Gasteiger partial charge < -0.3 is 5.32 Å². The van der Waals surface area contributed by atoms with E-state index in [1.807, 2.05) is 39.0 Å². The lowest BCUT2D eigenvalue weighted by atomic mass is 10.1. The first-order chi connectivity index (χ1) is 10.4. The fraction of sp³-hybridized carbons (Fsp3) is 0.438. The second-order valence-corrected chi connectivity index (χ2v) is 7.41. The average molecular weight is 336 g/mol. The van der Waals surface area contributed by atoms with E-state index >= 15 is 0 Å². The van der Waals surface area contributed by atoms with Gasteiger partial charge in [-0.25, -0.2) is 0 Å². The maximum atomic E-state index is 12.1. The minimum atomic E-state index is -0.101. The van der Waals surface area contributed by atoms with Crippen LogP contribution in [0.1, 0.15) is 30.9 Å². The first-order valence-electron chi connectivity index (χ1n) is 7.28. The number of amides is 2. The zero-order valence-electron chi connectivity index (χ0n) is 13.0. The van der Waals surface area contributed by atoms with Gasteiger partial charge in [0.15, 0.2) is 0 Å². The van der Waals surface area contributed by atoms with Gasteiger partial charge >= 0.3 is 0 Å². The van der Waals surface area contributed by atoms with Gasteiger partial charge in [-0.15, -0.1) is 0 Å². The van der Waals surface area contributed by atoms with Crippen molar-refractivity contribution in [2.24, 2.45) is 0 Å². The van der Waals surface area contributed by atoms with E-state index in [1.165, 1.54) is 11.8 Å². The summed E-state index contributed by atoms with van der Waals surface area (Å²) in [7, 11) is 0. The second-order valence-electron chi connectivity index (χ2n) is 5.43. The molecule has 1 heterocycles. The van der Waals surface area contributed by atoms with Gasteiger partial charge in [0.25, 0.3) is 0 Å². The molecule has 1 N–H and O–H groups in total. The number of thiocarbonyl (C=S) groups is 1. The van der Waals surface area contributed by atoms with Crippen molar-refractivity contribution >= 4 is 45.8 Å². The van der Waals surface area contributed by atoms with Crippen LogP contribution in [0.5, 0.6) is 0 Å². The highest BCUT2D eigenvalue weighted by Gasteiger charge is 2.33. The molecule has 1 unspecified atom stereocenters. The Kier molecular flexibility index (Phi) is 5.58. The van der Waals surface area contributed by atoms with Crippen LogP contribution in [0.3, 0.4) is 0 Å². The number of nitrogens with one attached hydrogen (secondary N) is 1. The fourth-order valence-corrected chi connectivity index (χ4v) is 3.84. The highest BCUT2D eigenvalue weighted by Crippen LogP contribution is 2.27. The van der Waals surface area contributed by atoms with Gasteiger partial charge in [0.2, 0.25) is 11.8 Å². The number of hydrogen-bond donors (Lipinski definition) is 1. The number of carbonyl (C=O) groups is 2. The molecule has 0 aliphatic carbocycles. The molecule has 0 radical (unpaired) electrons. The maximum absolute atomic E-state index is 12.1. The Bertz CT molecular complexity index is 596.